The van der Waals surface area contributed by atoms with Gasteiger partial charge in [0.15, 0.2) is 0 Å². The maximum absolute atomic E-state index is 12.8. The molecule has 166 valence electrons. The number of carbonyl (C=O) groups is 1. The van der Waals surface area contributed by atoms with E-state index in [1.165, 1.54) is 23.9 Å². The summed E-state index contributed by atoms with van der Waals surface area (Å²) in [7, 11) is 0. The Balaban J connectivity index is 1.56. The van der Waals surface area contributed by atoms with Crippen molar-refractivity contribution in [2.75, 3.05) is 5.32 Å². The van der Waals surface area contributed by atoms with Gasteiger partial charge in [0.25, 0.3) is 11.6 Å². The van der Waals surface area contributed by atoms with Gasteiger partial charge in [0.1, 0.15) is 5.69 Å². The molecule has 0 radical (unpaired) electrons. The molecular formula is C23H16Cl2N4O3S. The van der Waals surface area contributed by atoms with Crippen LogP contribution in [0.5, 0.6) is 0 Å². The number of nitrogens with zero attached hydrogens (tertiary/aromatic N) is 2. The Labute approximate surface area is 203 Å². The first-order chi connectivity index (χ1) is 15.8. The van der Waals surface area contributed by atoms with Crippen LogP contribution in [-0.4, -0.2) is 21.0 Å². The van der Waals surface area contributed by atoms with Crippen LogP contribution in [0, 0.1) is 17.0 Å². The number of nitro groups is 1. The molecule has 3 aromatic carbocycles. The number of benzene rings is 3. The predicted octanol–water partition coefficient (Wildman–Crippen LogP) is 7.00. The number of amides is 1. The molecule has 33 heavy (non-hydrogen) atoms. The molecule has 0 unspecified atom stereocenters. The Morgan fingerprint density at radius 3 is 2.45 bits per heavy atom. The number of hydrogen-bond donors (Lipinski definition) is 2. The van der Waals surface area contributed by atoms with Gasteiger partial charge in [-0.25, -0.2) is 0 Å². The zero-order valence-corrected chi connectivity index (χ0v) is 19.5. The number of hydrogen-bond acceptors (Lipinski definition) is 5. The van der Waals surface area contributed by atoms with Crippen LogP contribution in [0.2, 0.25) is 10.0 Å². The maximum Gasteiger partial charge on any atom is 0.273 e. The lowest BCUT2D eigenvalue weighted by Gasteiger charge is -2.07. The number of aryl methyl sites for hydroxylation is 1. The van der Waals surface area contributed by atoms with Crippen LogP contribution in [0.1, 0.15) is 16.1 Å². The van der Waals surface area contributed by atoms with E-state index in [1.54, 1.807) is 30.3 Å². The van der Waals surface area contributed by atoms with Crippen molar-refractivity contribution in [2.45, 2.75) is 16.7 Å². The second-order valence-electron chi connectivity index (χ2n) is 7.14. The van der Waals surface area contributed by atoms with E-state index in [1.807, 2.05) is 31.2 Å². The van der Waals surface area contributed by atoms with E-state index in [9.17, 15) is 14.9 Å². The summed E-state index contributed by atoms with van der Waals surface area (Å²) in [4.78, 5) is 25.2. The number of halogens is 2. The summed E-state index contributed by atoms with van der Waals surface area (Å²) in [5, 5.41) is 21.7. The Kier molecular flexibility index (Phi) is 6.69. The molecule has 1 aromatic heterocycles. The van der Waals surface area contributed by atoms with Gasteiger partial charge in [-0.05, 0) is 43.3 Å². The largest absolute Gasteiger partial charge is 0.320 e. The van der Waals surface area contributed by atoms with E-state index in [0.717, 1.165) is 10.5 Å². The molecule has 0 fully saturated rings. The molecule has 0 spiro atoms. The zero-order valence-electron chi connectivity index (χ0n) is 17.1. The minimum Gasteiger partial charge on any atom is -0.320 e. The van der Waals surface area contributed by atoms with E-state index in [-0.39, 0.29) is 11.4 Å². The minimum absolute atomic E-state index is 0.122. The molecule has 7 nitrogen and oxygen atoms in total. The van der Waals surface area contributed by atoms with Gasteiger partial charge in [-0.1, -0.05) is 58.7 Å². The average Bonchev–Trinajstić information content (AvgIpc) is 3.27. The van der Waals surface area contributed by atoms with E-state index in [4.69, 9.17) is 23.2 Å². The Morgan fingerprint density at radius 2 is 1.76 bits per heavy atom. The van der Waals surface area contributed by atoms with Crippen molar-refractivity contribution in [3.8, 4) is 11.3 Å². The van der Waals surface area contributed by atoms with Gasteiger partial charge in [-0.15, -0.1) is 0 Å². The highest BCUT2D eigenvalue weighted by molar-refractivity contribution is 7.99. The second-order valence-corrected chi connectivity index (χ2v) is 9.10. The lowest BCUT2D eigenvalue weighted by molar-refractivity contribution is -0.385. The fourth-order valence-electron chi connectivity index (χ4n) is 3.00. The first-order valence-corrected chi connectivity index (χ1v) is 11.2. The van der Waals surface area contributed by atoms with E-state index in [0.29, 0.717) is 31.9 Å². The van der Waals surface area contributed by atoms with Crippen molar-refractivity contribution >= 4 is 52.2 Å². The first-order valence-electron chi connectivity index (χ1n) is 9.65. The van der Waals surface area contributed by atoms with Crippen molar-refractivity contribution in [3.63, 3.8) is 0 Å². The highest BCUT2D eigenvalue weighted by Gasteiger charge is 2.16. The van der Waals surface area contributed by atoms with Gasteiger partial charge in [-0.3, -0.25) is 20.0 Å². The molecule has 0 atom stereocenters. The third kappa shape index (κ3) is 5.54. The van der Waals surface area contributed by atoms with Crippen LogP contribution in [0.3, 0.4) is 0 Å². The zero-order chi connectivity index (χ0) is 23.5. The Morgan fingerprint density at radius 1 is 1.00 bits per heavy atom. The maximum atomic E-state index is 12.8. The predicted molar refractivity (Wildman–Crippen MR) is 130 cm³/mol. The SMILES string of the molecule is Cc1ccc(Sc2cc(NC(=O)c3cc(-c4ccc(Cl)c(Cl)c4)n[nH]3)cc([N+](=O)[O-])c2)cc1. The van der Waals surface area contributed by atoms with Crippen LogP contribution >= 0.6 is 35.0 Å². The van der Waals surface area contributed by atoms with Gasteiger partial charge < -0.3 is 5.32 Å². The number of nitro benzene ring substituents is 1. The monoisotopic (exact) mass is 498 g/mol. The average molecular weight is 499 g/mol. The van der Waals surface area contributed by atoms with Gasteiger partial charge in [-0.2, -0.15) is 5.10 Å². The molecule has 0 aliphatic carbocycles. The third-order valence-corrected chi connectivity index (χ3v) is 6.37. The summed E-state index contributed by atoms with van der Waals surface area (Å²) in [6.07, 6.45) is 0. The quantitative estimate of drug-likeness (QED) is 0.220. The van der Waals surface area contributed by atoms with Crippen LogP contribution in [0.15, 0.2) is 76.5 Å². The smallest absolute Gasteiger partial charge is 0.273 e. The van der Waals surface area contributed by atoms with Crippen molar-refractivity contribution in [1.82, 2.24) is 10.2 Å². The topological polar surface area (TPSA) is 101 Å². The van der Waals surface area contributed by atoms with Crippen molar-refractivity contribution in [1.29, 1.82) is 0 Å². The number of nitrogens with one attached hydrogen (secondary N) is 2. The van der Waals surface area contributed by atoms with Crippen LogP contribution < -0.4 is 5.32 Å². The number of H-pyrrole nitrogens is 1. The number of non-ortho nitro benzene ring substituents is 1. The highest BCUT2D eigenvalue weighted by atomic mass is 35.5. The van der Waals surface area contributed by atoms with Gasteiger partial charge in [0, 0.05) is 33.2 Å². The van der Waals surface area contributed by atoms with Gasteiger partial charge in [0.05, 0.1) is 20.7 Å². The highest BCUT2D eigenvalue weighted by Crippen LogP contribution is 2.33. The van der Waals surface area contributed by atoms with Crippen LogP contribution in [-0.2, 0) is 0 Å². The normalized spacial score (nSPS) is 10.8. The van der Waals surface area contributed by atoms with E-state index >= 15 is 0 Å². The molecule has 0 bridgehead atoms. The fourth-order valence-corrected chi connectivity index (χ4v) is 4.21. The third-order valence-electron chi connectivity index (χ3n) is 4.65. The molecule has 1 amide bonds. The summed E-state index contributed by atoms with van der Waals surface area (Å²) in [5.74, 6) is -0.486. The summed E-state index contributed by atoms with van der Waals surface area (Å²) < 4.78 is 0. The van der Waals surface area contributed by atoms with E-state index in [2.05, 4.69) is 15.5 Å². The molecule has 4 rings (SSSR count). The lowest BCUT2D eigenvalue weighted by Crippen LogP contribution is -2.12. The molecule has 0 saturated carbocycles. The summed E-state index contributed by atoms with van der Waals surface area (Å²) in [6.45, 7) is 1.98. The Hall–Kier alpha value is -3.33. The number of carbonyl (C=O) groups excluding carboxylic acids is 1. The molecular weight excluding hydrogens is 483 g/mol. The summed E-state index contributed by atoms with van der Waals surface area (Å²) >= 11 is 13.4. The van der Waals surface area contributed by atoms with Gasteiger partial charge in [0.2, 0.25) is 0 Å². The molecule has 0 aliphatic rings. The second kappa shape index (κ2) is 9.66. The molecule has 10 heteroatoms. The number of aromatic nitrogens is 2. The van der Waals surface area contributed by atoms with Crippen molar-refractivity contribution in [3.05, 3.63) is 98.1 Å². The number of rotatable bonds is 6. The van der Waals surface area contributed by atoms with Crippen LogP contribution in [0.25, 0.3) is 11.3 Å². The van der Waals surface area contributed by atoms with Crippen molar-refractivity contribution < 1.29 is 9.72 Å². The molecule has 4 aromatic rings. The standard InChI is InChI=1S/C23H16Cl2N4O3S/c1-13-2-5-17(6-3-13)33-18-10-15(9-16(11-18)29(31)32)26-23(30)22-12-21(27-28-22)14-4-7-19(24)20(25)8-14/h2-12H,1H3,(H,26,30)(H,27,28). The van der Waals surface area contributed by atoms with Gasteiger partial charge >= 0.3 is 0 Å². The fraction of sp³-hybridized carbons (Fsp3) is 0.0435. The number of anilines is 1. The lowest BCUT2D eigenvalue weighted by atomic mass is 10.1. The molecule has 2 N–H and O–H groups in total. The first kappa shape index (κ1) is 22.8. The number of aromatic amines is 1. The Bertz CT molecular complexity index is 1360. The summed E-state index contributed by atoms with van der Waals surface area (Å²) in [6, 6.07) is 18.9. The van der Waals surface area contributed by atoms with Crippen molar-refractivity contribution in [2.24, 2.45) is 0 Å². The minimum atomic E-state index is -0.493. The van der Waals surface area contributed by atoms with Crippen LogP contribution in [0.4, 0.5) is 11.4 Å². The molecule has 1 heterocycles. The van der Waals surface area contributed by atoms with E-state index < -0.39 is 10.8 Å². The molecule has 0 saturated heterocycles. The molecule has 0 aliphatic heterocycles. The summed E-state index contributed by atoms with van der Waals surface area (Å²) in [5.41, 5.74) is 2.68.